The molecule has 2 aliphatic heterocycles. The number of hydrogen-bond donors (Lipinski definition) is 2. The Morgan fingerprint density at radius 2 is 0.330 bits per heavy atom. The summed E-state index contributed by atoms with van der Waals surface area (Å²) >= 11 is 15.7. The molecular formula is C92H50Br4N4. The first-order valence-corrected chi connectivity index (χ1v) is 36.7. The zero-order valence-electron chi connectivity index (χ0n) is 53.1. The van der Waals surface area contributed by atoms with Crippen LogP contribution in [0.5, 0.6) is 0 Å². The van der Waals surface area contributed by atoms with Crippen molar-refractivity contribution >= 4 is 194 Å². The highest BCUT2D eigenvalue weighted by Gasteiger charge is 2.35. The Kier molecular flexibility index (Phi) is 13.0. The van der Waals surface area contributed by atoms with E-state index in [1.807, 2.05) is 0 Å². The van der Waals surface area contributed by atoms with Crippen LogP contribution < -0.4 is 0 Å². The molecule has 3 aliphatic rings. The summed E-state index contributed by atoms with van der Waals surface area (Å²) < 4.78 is 3.91. The molecule has 4 nitrogen and oxygen atoms in total. The topological polar surface area (TPSA) is 57.4 Å². The molecule has 2 N–H and O–H groups in total. The molecule has 100 heavy (non-hydrogen) atoms. The first kappa shape index (κ1) is 58.2. The smallest absolute Gasteiger partial charge is 0.0822 e. The van der Waals surface area contributed by atoms with Crippen LogP contribution in [-0.2, 0) is 0 Å². The summed E-state index contributed by atoms with van der Waals surface area (Å²) in [6, 6.07) is 108. The third-order valence-electron chi connectivity index (χ3n) is 21.1. The molecule has 466 valence electrons. The van der Waals surface area contributed by atoms with Gasteiger partial charge in [-0.2, -0.15) is 0 Å². The highest BCUT2D eigenvalue weighted by atomic mass is 79.9. The van der Waals surface area contributed by atoms with Gasteiger partial charge in [0.15, 0.2) is 0 Å². The van der Waals surface area contributed by atoms with Crippen molar-refractivity contribution in [3.63, 3.8) is 0 Å². The number of hydrogen-bond acceptors (Lipinski definition) is 2. The fourth-order valence-corrected chi connectivity index (χ4v) is 18.1. The third-order valence-corrected chi connectivity index (χ3v) is 23.2. The lowest BCUT2D eigenvalue weighted by molar-refractivity contribution is 1.40. The maximum Gasteiger partial charge on any atom is 0.0822 e. The summed E-state index contributed by atoms with van der Waals surface area (Å²) in [6.45, 7) is 0. The van der Waals surface area contributed by atoms with Crippen molar-refractivity contribution in [2.75, 3.05) is 0 Å². The lowest BCUT2D eigenvalue weighted by Crippen LogP contribution is -1.91. The standard InChI is InChI=1S/C92H50Br4N4/c93-53-41-33-49(34-42-53)73-85-77-65-25-9-1-17-57(65)58-18-2-10-26-66(58)78(77)86(97-85)74(50-35-43-54(94)44-36-50)88-81-69-29-13-5-21-61(69)62-22-6-14-30-70(62)82(81)90(99-88)76(52-39-47-56(96)48-40-52)92-84-72-32-16-8-24-64(72)63-23-7-15-31-71(63)83(84)91(100-92)75(51-37-45-55(95)46-38-51)89-80-68-28-12-4-20-60(68)59-19-3-11-27-67(59)79(80)87(73)98-89/h1-48,97,100H. The Bertz CT molecular complexity index is 6200. The van der Waals surface area contributed by atoms with Crippen molar-refractivity contribution in [2.24, 2.45) is 0 Å². The van der Waals surface area contributed by atoms with E-state index in [2.05, 4.69) is 365 Å². The van der Waals surface area contributed by atoms with Crippen molar-refractivity contribution in [1.82, 2.24) is 19.9 Å². The Hall–Kier alpha value is -10.8. The van der Waals surface area contributed by atoms with Gasteiger partial charge in [0, 0.05) is 83.9 Å². The number of aromatic nitrogens is 4. The van der Waals surface area contributed by atoms with Gasteiger partial charge in [-0.1, -0.05) is 306 Å². The van der Waals surface area contributed by atoms with Crippen molar-refractivity contribution in [3.05, 3.63) is 309 Å². The summed E-state index contributed by atoms with van der Waals surface area (Å²) in [4.78, 5) is 22.2. The number of benzene rings is 16. The van der Waals surface area contributed by atoms with Gasteiger partial charge in [-0.15, -0.1) is 0 Å². The highest BCUT2D eigenvalue weighted by Crippen LogP contribution is 2.59. The molecule has 0 radical (unpaired) electrons. The molecule has 0 saturated carbocycles. The zero-order chi connectivity index (χ0) is 66.2. The predicted octanol–water partition coefficient (Wildman–Crippen LogP) is 28.2. The summed E-state index contributed by atoms with van der Waals surface area (Å²) in [7, 11) is 0. The van der Waals surface area contributed by atoms with Crippen LogP contribution in [-0.4, -0.2) is 19.9 Å². The van der Waals surface area contributed by atoms with Crippen LogP contribution in [0.4, 0.5) is 0 Å². The normalized spacial score (nSPS) is 12.2. The second kappa shape index (κ2) is 22.3. The average molecular weight is 1530 g/mol. The Morgan fingerprint density at radius 3 is 0.520 bits per heavy atom. The van der Waals surface area contributed by atoms with Crippen LogP contribution in [0.1, 0.15) is 0 Å². The molecule has 16 aromatic carbocycles. The number of rotatable bonds is 4. The monoisotopic (exact) mass is 1530 g/mol. The Morgan fingerprint density at radius 1 is 0.170 bits per heavy atom. The summed E-state index contributed by atoms with van der Waals surface area (Å²) in [5.41, 5.74) is 19.4. The second-order valence-corrected chi connectivity index (χ2v) is 29.9. The SMILES string of the molecule is Brc1ccc(-c2c3nc(c(-c4ccc(Br)cc4)c4[nH]c(c(-c5ccc(Br)cc5)c5nc(c(-c6ccc(Br)cc6)c6[nH]c2c2c7ccccc7c7ccccc7c62)-c2c-5c5ccccc5c5ccccc25)c2c5ccccc5c5ccccc5c42)-c2c-3c3ccccc3c3ccccc23)cc1. The van der Waals surface area contributed by atoms with Crippen molar-refractivity contribution < 1.29 is 0 Å². The van der Waals surface area contributed by atoms with E-state index in [0.717, 1.165) is 237 Å². The highest BCUT2D eigenvalue weighted by molar-refractivity contribution is 9.11. The van der Waals surface area contributed by atoms with E-state index in [1.165, 1.54) is 0 Å². The molecule has 1 aliphatic carbocycles. The molecule has 21 rings (SSSR count). The quantitative estimate of drug-likeness (QED) is 0.173. The largest absolute Gasteiger partial charge is 0.353 e. The molecule has 0 unspecified atom stereocenters. The van der Waals surface area contributed by atoms with E-state index in [-0.39, 0.29) is 0 Å². The number of nitrogens with one attached hydrogen (secondary N) is 2. The van der Waals surface area contributed by atoms with Crippen LogP contribution in [0, 0.1) is 0 Å². The van der Waals surface area contributed by atoms with Gasteiger partial charge >= 0.3 is 0 Å². The molecule has 4 heterocycles. The summed E-state index contributed by atoms with van der Waals surface area (Å²) in [5.74, 6) is 0. The van der Waals surface area contributed by atoms with Gasteiger partial charge in [0.05, 0.1) is 44.8 Å². The van der Waals surface area contributed by atoms with Crippen molar-refractivity contribution in [2.45, 2.75) is 0 Å². The lowest BCUT2D eigenvalue weighted by atomic mass is 9.85. The number of H-pyrrole nitrogens is 2. The second-order valence-electron chi connectivity index (χ2n) is 26.3. The van der Waals surface area contributed by atoms with Crippen LogP contribution in [0.3, 0.4) is 0 Å². The third kappa shape index (κ3) is 8.42. The van der Waals surface area contributed by atoms with Gasteiger partial charge in [-0.05, 0) is 157 Å². The van der Waals surface area contributed by atoms with E-state index >= 15 is 0 Å². The van der Waals surface area contributed by atoms with E-state index in [9.17, 15) is 0 Å². The zero-order valence-corrected chi connectivity index (χ0v) is 59.5. The number of nitrogens with zero attached hydrogens (tertiary/aromatic N) is 2. The fraction of sp³-hybridized carbons (Fsp3) is 0. The minimum Gasteiger partial charge on any atom is -0.353 e. The first-order chi connectivity index (χ1) is 49.3. The average Bonchev–Trinajstić information content (AvgIpc) is 1.53. The van der Waals surface area contributed by atoms with Gasteiger partial charge < -0.3 is 9.97 Å². The Balaban J connectivity index is 1.18. The number of halogens is 4. The summed E-state index contributed by atoms with van der Waals surface area (Å²) in [5, 5.41) is 22.5. The minimum absolute atomic E-state index is 0.859. The Labute approximate surface area is 606 Å². The van der Waals surface area contributed by atoms with Crippen molar-refractivity contribution in [3.8, 4) is 89.5 Å². The van der Waals surface area contributed by atoms with Crippen molar-refractivity contribution in [1.29, 1.82) is 0 Å². The van der Waals surface area contributed by atoms with Gasteiger partial charge in [0.25, 0.3) is 0 Å². The molecular weight excluding hydrogens is 1480 g/mol. The molecule has 18 aromatic rings. The maximum atomic E-state index is 6.57. The fourth-order valence-electron chi connectivity index (χ4n) is 17.1. The molecule has 8 bridgehead atoms. The first-order valence-electron chi connectivity index (χ1n) is 33.6. The molecule has 0 spiro atoms. The molecule has 2 aromatic heterocycles. The number of fused-ring (bicyclic) bond motifs is 12. The predicted molar refractivity (Wildman–Crippen MR) is 437 cm³/mol. The van der Waals surface area contributed by atoms with Crippen LogP contribution >= 0.6 is 63.7 Å². The maximum absolute atomic E-state index is 6.57. The lowest BCUT2D eigenvalue weighted by Gasteiger charge is -2.15. The minimum atomic E-state index is 0.859. The van der Waals surface area contributed by atoms with E-state index < -0.39 is 0 Å². The molecule has 0 amide bonds. The van der Waals surface area contributed by atoms with E-state index in [0.29, 0.717) is 0 Å². The molecule has 0 fully saturated rings. The van der Waals surface area contributed by atoms with E-state index in [4.69, 9.17) is 9.97 Å². The van der Waals surface area contributed by atoms with Crippen LogP contribution in [0.2, 0.25) is 0 Å². The van der Waals surface area contributed by atoms with Gasteiger partial charge in [-0.3, -0.25) is 0 Å². The van der Waals surface area contributed by atoms with Crippen LogP contribution in [0.15, 0.2) is 309 Å². The van der Waals surface area contributed by atoms with Gasteiger partial charge in [0.2, 0.25) is 0 Å². The van der Waals surface area contributed by atoms with Crippen LogP contribution in [0.25, 0.3) is 219 Å². The molecule has 8 heteroatoms. The summed E-state index contributed by atoms with van der Waals surface area (Å²) in [6.07, 6.45) is 0. The number of aromatic amines is 2. The molecule has 0 saturated heterocycles. The van der Waals surface area contributed by atoms with Gasteiger partial charge in [-0.25, -0.2) is 9.97 Å². The van der Waals surface area contributed by atoms with Gasteiger partial charge in [0.1, 0.15) is 0 Å². The molecule has 0 atom stereocenters. The van der Waals surface area contributed by atoms with E-state index in [1.54, 1.807) is 0 Å².